The summed E-state index contributed by atoms with van der Waals surface area (Å²) in [6.45, 7) is 5.98. The van der Waals surface area contributed by atoms with Gasteiger partial charge in [0.25, 0.3) is 0 Å². The molecule has 2 aromatic heterocycles. The van der Waals surface area contributed by atoms with E-state index in [9.17, 15) is 10.1 Å². The molecule has 0 bridgehead atoms. The van der Waals surface area contributed by atoms with Crippen molar-refractivity contribution in [3.63, 3.8) is 0 Å². The Labute approximate surface area is 126 Å². The average molecular weight is 310 g/mol. The Hall–Kier alpha value is -2.49. The van der Waals surface area contributed by atoms with Crippen molar-refractivity contribution in [2.24, 2.45) is 7.05 Å². The monoisotopic (exact) mass is 310 g/mol. The predicted molar refractivity (Wildman–Crippen MR) is 76.3 cm³/mol. The van der Waals surface area contributed by atoms with E-state index in [1.54, 1.807) is 14.0 Å². The number of hydrogen-bond donors (Lipinski definition) is 1. The lowest BCUT2D eigenvalue weighted by Gasteiger charge is -2.05. The fraction of sp³-hybridized carbons (Fsp3) is 0.583. The van der Waals surface area contributed by atoms with Crippen molar-refractivity contribution in [3.05, 3.63) is 27.5 Å². The molecule has 2 rings (SSSR count). The Morgan fingerprint density at radius 2 is 2.27 bits per heavy atom. The standard InChI is InChI=1S/C12H18N6O4/c1-5-21-8(3)11-14-9(22-16-11)6-13-12-10(18(19)20)7(2)15-17(12)4/h8,13H,5-6H2,1-4H3/t8-/m0/s1. The second-order valence-corrected chi connectivity index (χ2v) is 4.66. The highest BCUT2D eigenvalue weighted by atomic mass is 16.6. The van der Waals surface area contributed by atoms with Crippen molar-refractivity contribution in [1.82, 2.24) is 19.9 Å². The van der Waals surface area contributed by atoms with Crippen LogP contribution in [0.4, 0.5) is 11.5 Å². The Kier molecular flexibility index (Phi) is 4.71. The molecule has 10 nitrogen and oxygen atoms in total. The van der Waals surface area contributed by atoms with E-state index in [1.165, 1.54) is 4.68 Å². The quantitative estimate of drug-likeness (QED) is 0.606. The molecule has 0 aromatic carbocycles. The van der Waals surface area contributed by atoms with Crippen molar-refractivity contribution in [2.45, 2.75) is 33.4 Å². The number of rotatable bonds is 7. The number of aromatic nitrogens is 4. The highest BCUT2D eigenvalue weighted by Crippen LogP contribution is 2.27. The van der Waals surface area contributed by atoms with Gasteiger partial charge in [-0.05, 0) is 20.8 Å². The zero-order chi connectivity index (χ0) is 16.3. The maximum Gasteiger partial charge on any atom is 0.333 e. The topological polar surface area (TPSA) is 121 Å². The smallest absolute Gasteiger partial charge is 0.333 e. The summed E-state index contributed by atoms with van der Waals surface area (Å²) in [6, 6.07) is 0. The summed E-state index contributed by atoms with van der Waals surface area (Å²) in [5.41, 5.74) is 0.274. The van der Waals surface area contributed by atoms with Crippen LogP contribution in [-0.4, -0.2) is 31.5 Å². The molecule has 2 heterocycles. The van der Waals surface area contributed by atoms with Gasteiger partial charge >= 0.3 is 5.69 Å². The number of nitrogens with zero attached hydrogens (tertiary/aromatic N) is 5. The maximum atomic E-state index is 11.1. The Balaban J connectivity index is 2.09. The van der Waals surface area contributed by atoms with Crippen LogP contribution in [0.3, 0.4) is 0 Å². The lowest BCUT2D eigenvalue weighted by Crippen LogP contribution is -2.07. The first kappa shape index (κ1) is 15.9. The number of nitrogens with one attached hydrogen (secondary N) is 1. The van der Waals surface area contributed by atoms with Gasteiger partial charge in [0.1, 0.15) is 11.8 Å². The lowest BCUT2D eigenvalue weighted by molar-refractivity contribution is -0.384. The van der Waals surface area contributed by atoms with E-state index in [2.05, 4.69) is 20.6 Å². The fourth-order valence-electron chi connectivity index (χ4n) is 2.05. The van der Waals surface area contributed by atoms with Gasteiger partial charge < -0.3 is 14.6 Å². The third kappa shape index (κ3) is 3.22. The number of nitro groups is 1. The molecule has 120 valence electrons. The van der Waals surface area contributed by atoms with Gasteiger partial charge in [-0.25, -0.2) is 4.68 Å². The van der Waals surface area contributed by atoms with Crippen molar-refractivity contribution in [3.8, 4) is 0 Å². The van der Waals surface area contributed by atoms with Crippen LogP contribution in [0.1, 0.15) is 37.4 Å². The lowest BCUT2D eigenvalue weighted by atomic mass is 10.4. The van der Waals surface area contributed by atoms with Crippen molar-refractivity contribution < 1.29 is 14.2 Å². The minimum absolute atomic E-state index is 0.0649. The molecular formula is C12H18N6O4. The van der Waals surface area contributed by atoms with Gasteiger partial charge in [0.2, 0.25) is 11.7 Å². The van der Waals surface area contributed by atoms with Gasteiger partial charge in [-0.3, -0.25) is 10.1 Å². The van der Waals surface area contributed by atoms with Gasteiger partial charge in [-0.15, -0.1) is 0 Å². The maximum absolute atomic E-state index is 11.1. The summed E-state index contributed by atoms with van der Waals surface area (Å²) in [5, 5.41) is 21.8. The fourth-order valence-corrected chi connectivity index (χ4v) is 2.05. The molecule has 1 N–H and O–H groups in total. The number of anilines is 1. The summed E-state index contributed by atoms with van der Waals surface area (Å²) in [4.78, 5) is 14.8. The van der Waals surface area contributed by atoms with E-state index in [0.29, 0.717) is 29.8 Å². The molecule has 2 aromatic rings. The first-order chi connectivity index (χ1) is 10.4. The zero-order valence-electron chi connectivity index (χ0n) is 12.9. The molecule has 0 unspecified atom stereocenters. The van der Waals surface area contributed by atoms with E-state index >= 15 is 0 Å². The summed E-state index contributed by atoms with van der Waals surface area (Å²) in [7, 11) is 1.62. The van der Waals surface area contributed by atoms with Crippen LogP contribution >= 0.6 is 0 Å². The zero-order valence-corrected chi connectivity index (χ0v) is 12.9. The molecule has 0 aliphatic heterocycles. The first-order valence-electron chi connectivity index (χ1n) is 6.80. The predicted octanol–water partition coefficient (Wildman–Crippen LogP) is 1.73. The van der Waals surface area contributed by atoms with Crippen LogP contribution in [0.25, 0.3) is 0 Å². The van der Waals surface area contributed by atoms with E-state index in [-0.39, 0.29) is 18.3 Å². The summed E-state index contributed by atoms with van der Waals surface area (Å²) in [5.74, 6) is 1.05. The molecule has 1 atom stereocenters. The van der Waals surface area contributed by atoms with Crippen LogP contribution in [0.5, 0.6) is 0 Å². The van der Waals surface area contributed by atoms with Gasteiger partial charge in [-0.1, -0.05) is 5.16 Å². The number of aryl methyl sites for hydroxylation is 2. The van der Waals surface area contributed by atoms with Gasteiger partial charge in [0, 0.05) is 13.7 Å². The molecule has 0 saturated carbocycles. The van der Waals surface area contributed by atoms with Crippen LogP contribution in [0.2, 0.25) is 0 Å². The highest BCUT2D eigenvalue weighted by molar-refractivity contribution is 5.59. The van der Waals surface area contributed by atoms with E-state index in [1.807, 2.05) is 13.8 Å². The largest absolute Gasteiger partial charge is 0.371 e. The third-order valence-corrected chi connectivity index (χ3v) is 3.04. The second-order valence-electron chi connectivity index (χ2n) is 4.66. The highest BCUT2D eigenvalue weighted by Gasteiger charge is 2.24. The van der Waals surface area contributed by atoms with Gasteiger partial charge in [0.15, 0.2) is 5.82 Å². The molecule has 0 aliphatic rings. The summed E-state index contributed by atoms with van der Waals surface area (Å²) in [6.07, 6.45) is -0.268. The minimum Gasteiger partial charge on any atom is -0.371 e. The van der Waals surface area contributed by atoms with Crippen LogP contribution in [0, 0.1) is 17.0 Å². The molecule has 0 radical (unpaired) electrons. The third-order valence-electron chi connectivity index (χ3n) is 3.04. The molecule has 22 heavy (non-hydrogen) atoms. The number of ether oxygens (including phenoxy) is 1. The Bertz CT molecular complexity index is 665. The van der Waals surface area contributed by atoms with Crippen molar-refractivity contribution in [1.29, 1.82) is 0 Å². The van der Waals surface area contributed by atoms with Crippen LogP contribution in [0.15, 0.2) is 4.52 Å². The Morgan fingerprint density at radius 3 is 2.91 bits per heavy atom. The second kappa shape index (κ2) is 6.52. The van der Waals surface area contributed by atoms with E-state index in [4.69, 9.17) is 9.26 Å². The molecule has 0 spiro atoms. The van der Waals surface area contributed by atoms with E-state index < -0.39 is 4.92 Å². The minimum atomic E-state index is -0.471. The summed E-state index contributed by atoms with van der Waals surface area (Å²) < 4.78 is 11.9. The molecule has 0 aliphatic carbocycles. The van der Waals surface area contributed by atoms with Gasteiger partial charge in [0.05, 0.1) is 11.5 Å². The summed E-state index contributed by atoms with van der Waals surface area (Å²) >= 11 is 0. The van der Waals surface area contributed by atoms with Crippen molar-refractivity contribution >= 4 is 11.5 Å². The number of hydrogen-bond acceptors (Lipinski definition) is 8. The normalized spacial score (nSPS) is 12.4. The SMILES string of the molecule is CCO[C@@H](C)c1noc(CNc2c([N+](=O)[O-])c(C)nn2C)n1. The molecular weight excluding hydrogens is 292 g/mol. The molecule has 0 fully saturated rings. The molecule has 0 amide bonds. The molecule has 0 saturated heterocycles. The first-order valence-corrected chi connectivity index (χ1v) is 6.80. The molecule has 10 heteroatoms. The van der Waals surface area contributed by atoms with Gasteiger partial charge in [-0.2, -0.15) is 10.1 Å². The van der Waals surface area contributed by atoms with E-state index in [0.717, 1.165) is 0 Å². The van der Waals surface area contributed by atoms with Crippen molar-refractivity contribution in [2.75, 3.05) is 11.9 Å². The van der Waals surface area contributed by atoms with Crippen LogP contribution in [-0.2, 0) is 18.3 Å². The Morgan fingerprint density at radius 1 is 1.55 bits per heavy atom. The average Bonchev–Trinajstić information content (AvgIpc) is 3.01. The van der Waals surface area contributed by atoms with Crippen LogP contribution < -0.4 is 5.32 Å².